The van der Waals surface area contributed by atoms with Gasteiger partial charge in [0.05, 0.1) is 6.10 Å². The lowest BCUT2D eigenvalue weighted by Crippen LogP contribution is -2.51. The zero-order chi connectivity index (χ0) is 21.6. The molecule has 7 nitrogen and oxygen atoms in total. The number of hydrogen-bond acceptors (Lipinski definition) is 5. The first-order valence-electron chi connectivity index (χ1n) is 10.6. The summed E-state index contributed by atoms with van der Waals surface area (Å²) in [4.78, 5) is 12.3. The van der Waals surface area contributed by atoms with E-state index in [0.29, 0.717) is 17.8 Å². The topological polar surface area (TPSA) is 132 Å². The van der Waals surface area contributed by atoms with Gasteiger partial charge in [-0.15, -0.1) is 0 Å². The van der Waals surface area contributed by atoms with Gasteiger partial charge in [-0.25, -0.2) is 0 Å². The van der Waals surface area contributed by atoms with E-state index in [4.69, 9.17) is 17.5 Å². The van der Waals surface area contributed by atoms with Crippen molar-refractivity contribution in [2.45, 2.75) is 71.3 Å². The van der Waals surface area contributed by atoms with Gasteiger partial charge in [0.25, 0.3) is 0 Å². The monoisotopic (exact) mass is 430 g/mol. The Labute approximate surface area is 173 Å². The zero-order valence-corrected chi connectivity index (χ0v) is 18.1. The molecule has 7 atom stereocenters. The van der Waals surface area contributed by atoms with E-state index in [2.05, 4.69) is 19.9 Å². The maximum atomic E-state index is 12.3. The molecule has 4 rings (SSSR count). The molecule has 0 amide bonds. The molecule has 0 aromatic carbocycles. The number of carbonyl (C=O) groups excluding carboxylic acids is 1. The predicted molar refractivity (Wildman–Crippen MR) is 107 cm³/mol. The predicted octanol–water partition coefficient (Wildman–Crippen LogP) is 2.83. The van der Waals surface area contributed by atoms with Crippen LogP contribution in [0.1, 0.15) is 65.2 Å². The zero-order valence-electron chi connectivity index (χ0n) is 17.2. The molecule has 0 spiro atoms. The standard InChI is InChI=1S/C21H32O3.H2O4S/c1-20-9-7-14(23)11-13(20)3-4-15-16-5-6-18(19(24)12-22)21(16,2)10-8-17(15)20;1-5(2,3)4/h3,14-18,22-23H,4-12H2,1-2H3;(H2,1,2,3,4). The van der Waals surface area contributed by atoms with Crippen molar-refractivity contribution in [3.05, 3.63) is 11.6 Å². The Morgan fingerprint density at radius 3 is 2.38 bits per heavy atom. The van der Waals surface area contributed by atoms with Crippen LogP contribution >= 0.6 is 0 Å². The van der Waals surface area contributed by atoms with Crippen LogP contribution in [0.2, 0.25) is 0 Å². The molecule has 0 aromatic heterocycles. The number of ketones is 1. The number of aliphatic hydroxyl groups is 2. The summed E-state index contributed by atoms with van der Waals surface area (Å²) in [5.74, 6) is 2.16. The van der Waals surface area contributed by atoms with Crippen LogP contribution in [0, 0.1) is 34.5 Å². The molecule has 8 heteroatoms. The second kappa shape index (κ2) is 8.04. The third kappa shape index (κ3) is 4.32. The van der Waals surface area contributed by atoms with Gasteiger partial charge in [-0.1, -0.05) is 25.5 Å². The number of fused-ring (bicyclic) bond motifs is 5. The molecule has 4 N–H and O–H groups in total. The molecule has 4 aliphatic rings. The number of aliphatic hydroxyl groups excluding tert-OH is 2. The van der Waals surface area contributed by atoms with Crippen molar-refractivity contribution in [3.8, 4) is 0 Å². The Kier molecular flexibility index (Phi) is 6.34. The molecule has 0 saturated heterocycles. The van der Waals surface area contributed by atoms with Crippen molar-refractivity contribution < 1.29 is 32.5 Å². The Morgan fingerprint density at radius 2 is 1.76 bits per heavy atom. The van der Waals surface area contributed by atoms with Crippen LogP contribution in [0.15, 0.2) is 11.6 Å². The van der Waals surface area contributed by atoms with Gasteiger partial charge >= 0.3 is 10.4 Å². The highest BCUT2D eigenvalue weighted by Gasteiger charge is 2.59. The van der Waals surface area contributed by atoms with Crippen LogP contribution in [0.3, 0.4) is 0 Å². The number of carbonyl (C=O) groups is 1. The molecule has 4 aliphatic carbocycles. The first-order chi connectivity index (χ1) is 13.4. The van der Waals surface area contributed by atoms with Crippen molar-refractivity contribution in [2.24, 2.45) is 34.5 Å². The van der Waals surface area contributed by atoms with Gasteiger partial charge in [0, 0.05) is 5.92 Å². The average molecular weight is 431 g/mol. The summed E-state index contributed by atoms with van der Waals surface area (Å²) >= 11 is 0. The summed E-state index contributed by atoms with van der Waals surface area (Å²) in [6, 6.07) is 0. The molecule has 0 bridgehead atoms. The summed E-state index contributed by atoms with van der Waals surface area (Å²) in [5, 5.41) is 19.4. The Hall–Kier alpha value is -0.800. The lowest BCUT2D eigenvalue weighted by molar-refractivity contribution is -0.132. The molecule has 3 saturated carbocycles. The highest BCUT2D eigenvalue weighted by Crippen LogP contribution is 2.66. The fraction of sp³-hybridized carbons (Fsp3) is 0.857. The Morgan fingerprint density at radius 1 is 1.10 bits per heavy atom. The molecule has 0 radical (unpaired) electrons. The lowest BCUT2D eigenvalue weighted by atomic mass is 9.47. The Balaban J connectivity index is 0.000000431. The summed E-state index contributed by atoms with van der Waals surface area (Å²) in [5.41, 5.74) is 1.87. The van der Waals surface area contributed by atoms with Crippen molar-refractivity contribution in [2.75, 3.05) is 6.61 Å². The van der Waals surface area contributed by atoms with Crippen molar-refractivity contribution in [1.82, 2.24) is 0 Å². The van der Waals surface area contributed by atoms with Gasteiger partial charge in [-0.3, -0.25) is 13.9 Å². The average Bonchev–Trinajstić information content (AvgIpc) is 2.97. The van der Waals surface area contributed by atoms with Crippen molar-refractivity contribution in [1.29, 1.82) is 0 Å². The fourth-order valence-corrected chi connectivity index (χ4v) is 7.28. The van der Waals surface area contributed by atoms with Gasteiger partial charge in [0.15, 0.2) is 5.78 Å². The van der Waals surface area contributed by atoms with E-state index < -0.39 is 10.4 Å². The third-order valence-corrected chi connectivity index (χ3v) is 8.62. The SMILES string of the molecule is CC12CCC(O)CC1=CCC1C2CCC2(C)C(C(=O)CO)CCC12.O=S(=O)(O)O. The van der Waals surface area contributed by atoms with E-state index in [-0.39, 0.29) is 35.2 Å². The molecule has 29 heavy (non-hydrogen) atoms. The summed E-state index contributed by atoms with van der Waals surface area (Å²) < 4.78 is 31.6. The van der Waals surface area contributed by atoms with Gasteiger partial charge in [0.1, 0.15) is 6.61 Å². The van der Waals surface area contributed by atoms with E-state index in [1.165, 1.54) is 12.0 Å². The number of Topliss-reactive ketones (excluding diaryl/α,β-unsaturated/α-hetero) is 1. The molecule has 3 fully saturated rings. The van der Waals surface area contributed by atoms with Crippen LogP contribution in [0.5, 0.6) is 0 Å². The smallest absolute Gasteiger partial charge is 0.393 e. The minimum Gasteiger partial charge on any atom is -0.393 e. The summed E-state index contributed by atoms with van der Waals surface area (Å²) in [6.45, 7) is 4.47. The van der Waals surface area contributed by atoms with Crippen LogP contribution < -0.4 is 0 Å². The third-order valence-electron chi connectivity index (χ3n) is 8.62. The van der Waals surface area contributed by atoms with E-state index >= 15 is 0 Å². The van der Waals surface area contributed by atoms with Crippen molar-refractivity contribution >= 4 is 16.2 Å². The highest BCUT2D eigenvalue weighted by atomic mass is 32.3. The van der Waals surface area contributed by atoms with Crippen molar-refractivity contribution in [3.63, 3.8) is 0 Å². The molecular weight excluding hydrogens is 396 g/mol. The second-order valence-electron chi connectivity index (χ2n) is 9.90. The molecule has 0 aliphatic heterocycles. The first kappa shape index (κ1) is 22.9. The first-order valence-corrected chi connectivity index (χ1v) is 12.0. The quantitative estimate of drug-likeness (QED) is 0.391. The molecule has 7 unspecified atom stereocenters. The van der Waals surface area contributed by atoms with Gasteiger partial charge in [0.2, 0.25) is 0 Å². The highest BCUT2D eigenvalue weighted by molar-refractivity contribution is 7.79. The molecular formula is C21H34O7S. The van der Waals surface area contributed by atoms with Crippen LogP contribution in [-0.2, 0) is 15.2 Å². The van der Waals surface area contributed by atoms with Gasteiger partial charge in [-0.2, -0.15) is 8.42 Å². The molecule has 0 aromatic rings. The van der Waals surface area contributed by atoms with Crippen LogP contribution in [0.25, 0.3) is 0 Å². The fourth-order valence-electron chi connectivity index (χ4n) is 7.28. The summed E-state index contributed by atoms with van der Waals surface area (Å²) in [7, 11) is -4.67. The number of rotatable bonds is 2. The maximum Gasteiger partial charge on any atom is 0.394 e. The number of hydrogen-bond donors (Lipinski definition) is 4. The molecule has 0 heterocycles. The minimum absolute atomic E-state index is 0.0671. The maximum absolute atomic E-state index is 12.3. The lowest BCUT2D eigenvalue weighted by Gasteiger charge is -2.57. The van der Waals surface area contributed by atoms with E-state index in [0.717, 1.165) is 44.9 Å². The van der Waals surface area contributed by atoms with Crippen LogP contribution in [0.4, 0.5) is 0 Å². The summed E-state index contributed by atoms with van der Waals surface area (Å²) in [6.07, 6.45) is 10.8. The van der Waals surface area contributed by atoms with E-state index in [1.54, 1.807) is 0 Å². The minimum atomic E-state index is -4.67. The number of allylic oxidation sites excluding steroid dienone is 1. The van der Waals surface area contributed by atoms with Gasteiger partial charge in [-0.05, 0) is 80.0 Å². The van der Waals surface area contributed by atoms with E-state index in [1.807, 2.05) is 0 Å². The normalized spacial score (nSPS) is 43.8. The van der Waals surface area contributed by atoms with Crippen LogP contribution in [-0.4, -0.2) is 46.2 Å². The second-order valence-corrected chi connectivity index (χ2v) is 10.8. The largest absolute Gasteiger partial charge is 0.394 e. The Bertz CT molecular complexity index is 768. The van der Waals surface area contributed by atoms with Gasteiger partial charge < -0.3 is 10.2 Å². The molecule has 166 valence electrons. The van der Waals surface area contributed by atoms with E-state index in [9.17, 15) is 15.0 Å².